The van der Waals surface area contributed by atoms with Gasteiger partial charge in [0.05, 0.1) is 29.7 Å². The number of methoxy groups -OCH3 is 1. The maximum Gasteiger partial charge on any atom is 0.162 e. The standard InChI is InChI=1S/C19H18ClNO2S2/c1-3-9-23-18-11-14(7-8-17(18)22-2)25-21-12-15-10-13-5-4-6-16(20)19(13)24-15/h4-8,10-12H,3,9H2,1-2H3/b21-12+. The van der Waals surface area contributed by atoms with Crippen LogP contribution in [0.4, 0.5) is 0 Å². The van der Waals surface area contributed by atoms with Crippen molar-refractivity contribution in [2.45, 2.75) is 18.2 Å². The molecule has 0 aliphatic rings. The molecule has 0 saturated carbocycles. The second kappa shape index (κ2) is 8.61. The first-order valence-electron chi connectivity index (χ1n) is 7.90. The van der Waals surface area contributed by atoms with Gasteiger partial charge in [0.1, 0.15) is 0 Å². The summed E-state index contributed by atoms with van der Waals surface area (Å²) in [6.45, 7) is 2.74. The monoisotopic (exact) mass is 391 g/mol. The Morgan fingerprint density at radius 1 is 1.20 bits per heavy atom. The lowest BCUT2D eigenvalue weighted by atomic mass is 10.2. The van der Waals surface area contributed by atoms with Gasteiger partial charge in [-0.25, -0.2) is 4.40 Å². The first-order valence-corrected chi connectivity index (χ1v) is 9.87. The predicted molar refractivity (Wildman–Crippen MR) is 109 cm³/mol. The Labute approximate surface area is 160 Å². The van der Waals surface area contributed by atoms with E-state index in [0.29, 0.717) is 6.61 Å². The summed E-state index contributed by atoms with van der Waals surface area (Å²) in [5.74, 6) is 1.49. The van der Waals surface area contributed by atoms with Crippen LogP contribution in [0.3, 0.4) is 0 Å². The van der Waals surface area contributed by atoms with E-state index in [-0.39, 0.29) is 0 Å². The molecule has 0 N–H and O–H groups in total. The van der Waals surface area contributed by atoms with Gasteiger partial charge in [-0.3, -0.25) is 0 Å². The summed E-state index contributed by atoms with van der Waals surface area (Å²) < 4.78 is 16.6. The number of thiophene rings is 1. The van der Waals surface area contributed by atoms with Crippen LogP contribution in [0.1, 0.15) is 18.2 Å². The van der Waals surface area contributed by atoms with Crippen LogP contribution >= 0.6 is 34.9 Å². The van der Waals surface area contributed by atoms with Gasteiger partial charge in [0.25, 0.3) is 0 Å². The molecule has 0 atom stereocenters. The van der Waals surface area contributed by atoms with Crippen molar-refractivity contribution < 1.29 is 9.47 Å². The molecule has 3 aromatic rings. The van der Waals surface area contributed by atoms with Gasteiger partial charge in [0.2, 0.25) is 0 Å². The van der Waals surface area contributed by atoms with E-state index in [9.17, 15) is 0 Å². The van der Waals surface area contributed by atoms with E-state index in [1.54, 1.807) is 18.4 Å². The average molecular weight is 392 g/mol. The Hall–Kier alpha value is -1.69. The molecule has 1 aromatic heterocycles. The molecule has 0 radical (unpaired) electrons. The molecule has 0 bridgehead atoms. The van der Waals surface area contributed by atoms with E-state index in [4.69, 9.17) is 21.1 Å². The largest absolute Gasteiger partial charge is 0.493 e. The van der Waals surface area contributed by atoms with E-state index in [0.717, 1.165) is 42.8 Å². The molecule has 3 nitrogen and oxygen atoms in total. The highest BCUT2D eigenvalue weighted by molar-refractivity contribution is 7.98. The molecule has 0 unspecified atom stereocenters. The van der Waals surface area contributed by atoms with Crippen molar-refractivity contribution in [1.82, 2.24) is 0 Å². The molecule has 0 aliphatic heterocycles. The number of benzene rings is 2. The number of nitrogens with zero attached hydrogens (tertiary/aromatic N) is 1. The summed E-state index contributed by atoms with van der Waals surface area (Å²) in [5.41, 5.74) is 0. The number of fused-ring (bicyclic) bond motifs is 1. The quantitative estimate of drug-likeness (QED) is 0.341. The van der Waals surface area contributed by atoms with Crippen LogP contribution in [0.5, 0.6) is 11.5 Å². The van der Waals surface area contributed by atoms with E-state index in [1.165, 1.54) is 11.9 Å². The summed E-state index contributed by atoms with van der Waals surface area (Å²) in [4.78, 5) is 2.08. The van der Waals surface area contributed by atoms with Crippen LogP contribution in [0.15, 0.2) is 51.8 Å². The Kier molecular flexibility index (Phi) is 6.24. The van der Waals surface area contributed by atoms with Crippen LogP contribution < -0.4 is 9.47 Å². The Bertz CT molecular complexity index is 892. The molecule has 0 spiro atoms. The molecule has 2 aromatic carbocycles. The second-order valence-corrected chi connectivity index (χ2v) is 7.65. The predicted octanol–water partition coefficient (Wildman–Crippen LogP) is 6.48. The van der Waals surface area contributed by atoms with E-state index < -0.39 is 0 Å². The van der Waals surface area contributed by atoms with E-state index in [2.05, 4.69) is 23.5 Å². The summed E-state index contributed by atoms with van der Waals surface area (Å²) in [6, 6.07) is 13.9. The average Bonchev–Trinajstić information content (AvgIpc) is 3.04. The van der Waals surface area contributed by atoms with Crippen LogP contribution in [0.2, 0.25) is 5.02 Å². The molecule has 25 heavy (non-hydrogen) atoms. The molecule has 3 rings (SSSR count). The minimum Gasteiger partial charge on any atom is -0.493 e. The van der Waals surface area contributed by atoms with Crippen molar-refractivity contribution in [3.05, 3.63) is 52.4 Å². The van der Waals surface area contributed by atoms with Gasteiger partial charge in [0.15, 0.2) is 11.5 Å². The van der Waals surface area contributed by atoms with Crippen LogP contribution in [-0.2, 0) is 0 Å². The molecule has 130 valence electrons. The van der Waals surface area contributed by atoms with Crippen LogP contribution in [0, 0.1) is 0 Å². The normalized spacial score (nSPS) is 11.3. The van der Waals surface area contributed by atoms with Crippen molar-refractivity contribution in [3.8, 4) is 11.5 Å². The van der Waals surface area contributed by atoms with Gasteiger partial charge in [-0.2, -0.15) is 0 Å². The van der Waals surface area contributed by atoms with Crippen LogP contribution in [0.25, 0.3) is 10.1 Å². The highest BCUT2D eigenvalue weighted by atomic mass is 35.5. The molecule has 0 amide bonds. The molecular formula is C19H18ClNO2S2. The van der Waals surface area contributed by atoms with Gasteiger partial charge >= 0.3 is 0 Å². The van der Waals surface area contributed by atoms with Gasteiger partial charge in [0, 0.05) is 21.7 Å². The summed E-state index contributed by atoms with van der Waals surface area (Å²) in [7, 11) is 1.64. The lowest BCUT2D eigenvalue weighted by Crippen LogP contribution is -1.97. The third kappa shape index (κ3) is 4.48. The summed E-state index contributed by atoms with van der Waals surface area (Å²) >= 11 is 9.27. The molecule has 0 aliphatic carbocycles. The zero-order chi connectivity index (χ0) is 17.6. The zero-order valence-electron chi connectivity index (χ0n) is 14.0. The Morgan fingerprint density at radius 3 is 2.84 bits per heavy atom. The lowest BCUT2D eigenvalue weighted by Gasteiger charge is -2.10. The van der Waals surface area contributed by atoms with Gasteiger partial charge in [-0.1, -0.05) is 30.7 Å². The minimum atomic E-state index is 0.663. The smallest absolute Gasteiger partial charge is 0.162 e. The van der Waals surface area contributed by atoms with E-state index in [1.807, 2.05) is 36.5 Å². The number of hydrogen-bond donors (Lipinski definition) is 0. The zero-order valence-corrected chi connectivity index (χ0v) is 16.4. The first-order chi connectivity index (χ1) is 12.2. The number of hydrogen-bond acceptors (Lipinski definition) is 5. The molecule has 0 fully saturated rings. The van der Waals surface area contributed by atoms with Crippen molar-refractivity contribution in [1.29, 1.82) is 0 Å². The number of ether oxygens (including phenoxy) is 2. The third-order valence-electron chi connectivity index (χ3n) is 3.45. The lowest BCUT2D eigenvalue weighted by molar-refractivity contribution is 0.293. The van der Waals surface area contributed by atoms with Gasteiger partial charge in [-0.05, 0) is 42.1 Å². The highest BCUT2D eigenvalue weighted by Crippen LogP contribution is 2.34. The highest BCUT2D eigenvalue weighted by Gasteiger charge is 2.06. The van der Waals surface area contributed by atoms with Crippen molar-refractivity contribution >= 4 is 51.2 Å². The number of halogens is 1. The SMILES string of the molecule is CCCOc1cc(S/N=C/c2cc3cccc(Cl)c3s2)ccc1OC. The Balaban J connectivity index is 1.73. The fraction of sp³-hybridized carbons (Fsp3) is 0.211. The topological polar surface area (TPSA) is 30.8 Å². The molecule has 6 heteroatoms. The van der Waals surface area contributed by atoms with E-state index >= 15 is 0 Å². The van der Waals surface area contributed by atoms with Gasteiger partial charge in [-0.15, -0.1) is 11.3 Å². The number of rotatable bonds is 7. The summed E-state index contributed by atoms with van der Waals surface area (Å²) in [6.07, 6.45) is 2.82. The minimum absolute atomic E-state index is 0.663. The fourth-order valence-electron chi connectivity index (χ4n) is 2.29. The summed E-state index contributed by atoms with van der Waals surface area (Å²) in [5, 5.41) is 1.92. The molecular weight excluding hydrogens is 374 g/mol. The third-order valence-corrected chi connectivity index (χ3v) is 5.67. The van der Waals surface area contributed by atoms with Crippen molar-refractivity contribution in [2.24, 2.45) is 4.40 Å². The maximum atomic E-state index is 6.22. The fourth-order valence-corrected chi connectivity index (χ4v) is 4.17. The first kappa shape index (κ1) is 18.1. The maximum absolute atomic E-state index is 6.22. The van der Waals surface area contributed by atoms with Gasteiger partial charge < -0.3 is 9.47 Å². The van der Waals surface area contributed by atoms with Crippen LogP contribution in [-0.4, -0.2) is 19.9 Å². The molecule has 0 saturated heterocycles. The Morgan fingerprint density at radius 2 is 2.08 bits per heavy atom. The molecule has 1 heterocycles. The van der Waals surface area contributed by atoms with Crippen molar-refractivity contribution in [3.63, 3.8) is 0 Å². The van der Waals surface area contributed by atoms with Crippen molar-refractivity contribution in [2.75, 3.05) is 13.7 Å². The second-order valence-electron chi connectivity index (χ2n) is 5.29.